The maximum Gasteiger partial charge on any atom is 0.305 e. The summed E-state index contributed by atoms with van der Waals surface area (Å²) in [6.45, 7) is 3.41. The van der Waals surface area contributed by atoms with Gasteiger partial charge in [-0.15, -0.1) is 21.5 Å². The fraction of sp³-hybridized carbons (Fsp3) is 0.462. The predicted octanol–water partition coefficient (Wildman–Crippen LogP) is 2.99. The summed E-state index contributed by atoms with van der Waals surface area (Å²) in [5.41, 5.74) is 0. The van der Waals surface area contributed by atoms with Gasteiger partial charge in [0.1, 0.15) is 0 Å². The molecule has 2 aromatic heterocycles. The number of esters is 1. The van der Waals surface area contributed by atoms with Crippen molar-refractivity contribution in [3.05, 3.63) is 21.8 Å². The molecule has 0 spiro atoms. The van der Waals surface area contributed by atoms with E-state index in [0.29, 0.717) is 37.9 Å². The highest BCUT2D eigenvalue weighted by Crippen LogP contribution is 2.30. The minimum Gasteiger partial charge on any atom is -0.466 e. The maximum atomic E-state index is 11.1. The van der Waals surface area contributed by atoms with E-state index in [1.165, 1.54) is 0 Å². The number of carbonyl (C=O) groups is 1. The van der Waals surface area contributed by atoms with E-state index in [1.54, 1.807) is 18.3 Å². The summed E-state index contributed by atoms with van der Waals surface area (Å²) in [6.07, 6.45) is 1.14. The van der Waals surface area contributed by atoms with Crippen LogP contribution in [0.4, 0.5) is 0 Å². The highest BCUT2D eigenvalue weighted by Gasteiger charge is 2.10. The van der Waals surface area contributed by atoms with Crippen LogP contribution in [0.1, 0.15) is 25.7 Å². The van der Waals surface area contributed by atoms with Gasteiger partial charge in [-0.1, -0.05) is 0 Å². The molecule has 2 rings (SSSR count). The second kappa shape index (κ2) is 8.26. The first-order chi connectivity index (χ1) is 10.2. The zero-order valence-electron chi connectivity index (χ0n) is 11.6. The van der Waals surface area contributed by atoms with Crippen LogP contribution in [-0.4, -0.2) is 29.3 Å². The molecule has 0 fully saturated rings. The van der Waals surface area contributed by atoms with Crippen LogP contribution in [0.15, 0.2) is 20.3 Å². The lowest BCUT2D eigenvalue weighted by Gasteiger charge is -2.02. The number of carbonyl (C=O) groups excluding carboxylic acids is 1. The summed E-state index contributed by atoms with van der Waals surface area (Å²) in [4.78, 5) is 12.1. The molecule has 114 valence electrons. The molecule has 0 atom stereocenters. The molecule has 0 aromatic carbocycles. The van der Waals surface area contributed by atoms with Crippen molar-refractivity contribution in [1.82, 2.24) is 15.5 Å². The molecule has 0 radical (unpaired) electrons. The topological polar surface area (TPSA) is 77.2 Å². The van der Waals surface area contributed by atoms with Crippen molar-refractivity contribution in [1.29, 1.82) is 0 Å². The SMILES string of the molecule is CCOC(=O)CCCNCc1nnc(-c2ccc(Br)s2)o1. The summed E-state index contributed by atoms with van der Waals surface area (Å²) in [6, 6.07) is 3.87. The Kier molecular flexibility index (Phi) is 6.34. The minimum atomic E-state index is -0.164. The molecule has 0 saturated carbocycles. The van der Waals surface area contributed by atoms with Gasteiger partial charge in [-0.25, -0.2) is 0 Å². The number of nitrogens with zero attached hydrogens (tertiary/aromatic N) is 2. The van der Waals surface area contributed by atoms with Crippen LogP contribution < -0.4 is 5.32 Å². The highest BCUT2D eigenvalue weighted by atomic mass is 79.9. The molecule has 0 aliphatic heterocycles. The number of aromatic nitrogens is 2. The Labute approximate surface area is 135 Å². The van der Waals surface area contributed by atoms with E-state index in [0.717, 1.165) is 15.1 Å². The van der Waals surface area contributed by atoms with Crippen LogP contribution in [0, 0.1) is 0 Å². The van der Waals surface area contributed by atoms with Crippen molar-refractivity contribution in [2.75, 3.05) is 13.2 Å². The summed E-state index contributed by atoms with van der Waals surface area (Å²) >= 11 is 4.94. The van der Waals surface area contributed by atoms with E-state index >= 15 is 0 Å². The average molecular weight is 374 g/mol. The Hall–Kier alpha value is -1.25. The third-order valence-electron chi connectivity index (χ3n) is 2.57. The Bertz CT molecular complexity index is 585. The fourth-order valence-corrected chi connectivity index (χ4v) is 2.95. The monoisotopic (exact) mass is 373 g/mol. The fourth-order valence-electron chi connectivity index (χ4n) is 1.64. The van der Waals surface area contributed by atoms with E-state index in [2.05, 4.69) is 31.4 Å². The Morgan fingerprint density at radius 1 is 1.48 bits per heavy atom. The number of thiophene rings is 1. The normalized spacial score (nSPS) is 10.8. The summed E-state index contributed by atoms with van der Waals surface area (Å²) in [5.74, 6) is 0.891. The molecule has 0 bridgehead atoms. The first-order valence-electron chi connectivity index (χ1n) is 6.63. The molecule has 21 heavy (non-hydrogen) atoms. The van der Waals surface area contributed by atoms with E-state index in [4.69, 9.17) is 9.15 Å². The van der Waals surface area contributed by atoms with Crippen LogP contribution >= 0.6 is 27.3 Å². The van der Waals surface area contributed by atoms with Gasteiger partial charge >= 0.3 is 5.97 Å². The van der Waals surface area contributed by atoms with Crippen LogP contribution in [0.3, 0.4) is 0 Å². The van der Waals surface area contributed by atoms with Gasteiger partial charge in [0.05, 0.1) is 21.8 Å². The van der Waals surface area contributed by atoms with E-state index in [1.807, 2.05) is 12.1 Å². The van der Waals surface area contributed by atoms with Gasteiger partial charge in [0.25, 0.3) is 5.89 Å². The number of ether oxygens (including phenoxy) is 1. The molecule has 1 N–H and O–H groups in total. The Morgan fingerprint density at radius 2 is 2.33 bits per heavy atom. The van der Waals surface area contributed by atoms with E-state index in [-0.39, 0.29) is 5.97 Å². The highest BCUT2D eigenvalue weighted by molar-refractivity contribution is 9.11. The van der Waals surface area contributed by atoms with Gasteiger partial charge in [0.15, 0.2) is 0 Å². The molecular weight excluding hydrogens is 358 g/mol. The van der Waals surface area contributed by atoms with Gasteiger partial charge < -0.3 is 14.5 Å². The van der Waals surface area contributed by atoms with Crippen LogP contribution in [0.5, 0.6) is 0 Å². The van der Waals surface area contributed by atoms with Crippen molar-refractivity contribution in [3.63, 3.8) is 0 Å². The van der Waals surface area contributed by atoms with E-state index < -0.39 is 0 Å². The molecule has 8 heteroatoms. The number of rotatable bonds is 8. The summed E-state index contributed by atoms with van der Waals surface area (Å²) in [5, 5.41) is 11.2. The zero-order chi connectivity index (χ0) is 15.1. The van der Waals surface area contributed by atoms with Gasteiger partial charge in [0, 0.05) is 6.42 Å². The second-order valence-corrected chi connectivity index (χ2v) is 6.65. The molecule has 2 heterocycles. The van der Waals surface area contributed by atoms with Crippen molar-refractivity contribution in [2.24, 2.45) is 0 Å². The third kappa shape index (κ3) is 5.22. The van der Waals surface area contributed by atoms with Gasteiger partial charge in [-0.2, -0.15) is 0 Å². The van der Waals surface area contributed by atoms with Crippen LogP contribution in [0.25, 0.3) is 10.8 Å². The number of halogens is 1. The maximum absolute atomic E-state index is 11.1. The smallest absolute Gasteiger partial charge is 0.305 e. The number of hydrogen-bond donors (Lipinski definition) is 1. The zero-order valence-corrected chi connectivity index (χ0v) is 14.0. The first kappa shape index (κ1) is 16.1. The number of nitrogens with one attached hydrogen (secondary N) is 1. The number of hydrogen-bond acceptors (Lipinski definition) is 7. The molecule has 6 nitrogen and oxygen atoms in total. The Balaban J connectivity index is 1.70. The van der Waals surface area contributed by atoms with Gasteiger partial charge in [-0.05, 0) is 48.0 Å². The van der Waals surface area contributed by atoms with Crippen molar-refractivity contribution in [2.45, 2.75) is 26.3 Å². The Morgan fingerprint density at radius 3 is 3.05 bits per heavy atom. The molecule has 0 saturated heterocycles. The first-order valence-corrected chi connectivity index (χ1v) is 8.24. The lowest BCUT2D eigenvalue weighted by Crippen LogP contribution is -2.16. The lowest BCUT2D eigenvalue weighted by molar-refractivity contribution is -0.143. The molecule has 0 aliphatic carbocycles. The van der Waals surface area contributed by atoms with Crippen LogP contribution in [-0.2, 0) is 16.1 Å². The molecule has 0 unspecified atom stereocenters. The minimum absolute atomic E-state index is 0.164. The lowest BCUT2D eigenvalue weighted by atomic mass is 10.3. The standard InChI is InChI=1S/C13H16BrN3O3S/c1-2-19-12(18)4-3-7-15-8-11-16-17-13(20-11)9-5-6-10(14)21-9/h5-6,15H,2-4,7-8H2,1H3. The summed E-state index contributed by atoms with van der Waals surface area (Å²) < 4.78 is 11.4. The van der Waals surface area contributed by atoms with Crippen LogP contribution in [0.2, 0.25) is 0 Å². The predicted molar refractivity (Wildman–Crippen MR) is 82.9 cm³/mol. The van der Waals surface area contributed by atoms with Crippen molar-refractivity contribution < 1.29 is 13.9 Å². The molecule has 0 aliphatic rings. The van der Waals surface area contributed by atoms with Crippen molar-refractivity contribution >= 4 is 33.2 Å². The molecular formula is C13H16BrN3O3S. The van der Waals surface area contributed by atoms with Gasteiger partial charge in [0.2, 0.25) is 5.89 Å². The molecule has 2 aromatic rings. The van der Waals surface area contributed by atoms with Crippen molar-refractivity contribution in [3.8, 4) is 10.8 Å². The van der Waals surface area contributed by atoms with Gasteiger partial charge in [-0.3, -0.25) is 4.79 Å². The molecule has 0 amide bonds. The third-order valence-corrected chi connectivity index (χ3v) is 4.18. The average Bonchev–Trinajstić information content (AvgIpc) is 3.07. The quantitative estimate of drug-likeness (QED) is 0.566. The largest absolute Gasteiger partial charge is 0.466 e. The van der Waals surface area contributed by atoms with E-state index in [9.17, 15) is 4.79 Å². The summed E-state index contributed by atoms with van der Waals surface area (Å²) in [7, 11) is 0. The second-order valence-electron chi connectivity index (χ2n) is 4.19.